The van der Waals surface area contributed by atoms with Crippen LogP contribution in [0.2, 0.25) is 5.02 Å². The highest BCUT2D eigenvalue weighted by Gasteiger charge is 2.17. The number of hydrogen-bond acceptors (Lipinski definition) is 5. The summed E-state index contributed by atoms with van der Waals surface area (Å²) in [6.07, 6.45) is 0. The van der Waals surface area contributed by atoms with Crippen LogP contribution in [0.4, 0.5) is 5.69 Å². The van der Waals surface area contributed by atoms with Crippen molar-refractivity contribution in [1.29, 1.82) is 0 Å². The normalized spacial score (nSPS) is 10.8. The fourth-order valence-corrected chi connectivity index (χ4v) is 4.23. The van der Waals surface area contributed by atoms with Gasteiger partial charge in [-0.15, -0.1) is 10.2 Å². The number of ether oxygens (including phenoxy) is 1. The Labute approximate surface area is 208 Å². The molecule has 1 amide bonds. The molecule has 0 aliphatic heterocycles. The van der Waals surface area contributed by atoms with Crippen LogP contribution in [-0.2, 0) is 11.4 Å². The van der Waals surface area contributed by atoms with Gasteiger partial charge in [0.1, 0.15) is 12.4 Å². The van der Waals surface area contributed by atoms with Gasteiger partial charge in [-0.2, -0.15) is 0 Å². The number of amides is 1. The van der Waals surface area contributed by atoms with Gasteiger partial charge in [0, 0.05) is 16.4 Å². The van der Waals surface area contributed by atoms with Crippen LogP contribution in [0, 0.1) is 20.8 Å². The Morgan fingerprint density at radius 2 is 1.65 bits per heavy atom. The van der Waals surface area contributed by atoms with E-state index in [2.05, 4.69) is 15.5 Å². The van der Waals surface area contributed by atoms with Crippen molar-refractivity contribution in [1.82, 2.24) is 14.8 Å². The van der Waals surface area contributed by atoms with Gasteiger partial charge in [-0.05, 0) is 62.7 Å². The van der Waals surface area contributed by atoms with Crippen molar-refractivity contribution in [2.45, 2.75) is 32.5 Å². The zero-order valence-electron chi connectivity index (χ0n) is 19.2. The Hall–Kier alpha value is -3.29. The molecule has 0 unspecified atom stereocenters. The molecular weight excluding hydrogens is 468 g/mol. The average Bonchev–Trinajstić information content (AvgIpc) is 3.23. The topological polar surface area (TPSA) is 69.0 Å². The largest absolute Gasteiger partial charge is 0.486 e. The third kappa shape index (κ3) is 5.79. The molecule has 4 rings (SSSR count). The number of nitrogens with zero attached hydrogens (tertiary/aromatic N) is 3. The summed E-state index contributed by atoms with van der Waals surface area (Å²) in [7, 11) is 0. The molecule has 0 aliphatic carbocycles. The first-order chi connectivity index (χ1) is 16.4. The van der Waals surface area contributed by atoms with Crippen LogP contribution in [0.1, 0.15) is 22.5 Å². The fraction of sp³-hybridized carbons (Fsp3) is 0.192. The summed E-state index contributed by atoms with van der Waals surface area (Å²) in [5.41, 5.74) is 4.76. The first kappa shape index (κ1) is 23.9. The lowest BCUT2D eigenvalue weighted by Crippen LogP contribution is -2.15. The third-order valence-corrected chi connectivity index (χ3v) is 6.59. The van der Waals surface area contributed by atoms with Gasteiger partial charge in [-0.25, -0.2) is 0 Å². The molecule has 0 saturated heterocycles. The number of anilines is 1. The zero-order chi connectivity index (χ0) is 24.1. The van der Waals surface area contributed by atoms with Gasteiger partial charge >= 0.3 is 0 Å². The molecular formula is C26H25ClN4O2S. The summed E-state index contributed by atoms with van der Waals surface area (Å²) in [5, 5.41) is 12.8. The molecule has 8 heteroatoms. The Balaban J connectivity index is 1.51. The van der Waals surface area contributed by atoms with Crippen LogP contribution in [0.25, 0.3) is 5.69 Å². The summed E-state index contributed by atoms with van der Waals surface area (Å²) in [6, 6.07) is 21.4. The van der Waals surface area contributed by atoms with E-state index in [1.165, 1.54) is 17.3 Å². The maximum Gasteiger partial charge on any atom is 0.234 e. The summed E-state index contributed by atoms with van der Waals surface area (Å²) >= 11 is 7.48. The molecule has 1 aromatic heterocycles. The summed E-state index contributed by atoms with van der Waals surface area (Å²) in [5.74, 6) is 1.44. The van der Waals surface area contributed by atoms with Crippen molar-refractivity contribution in [3.63, 3.8) is 0 Å². The molecule has 0 aliphatic rings. The molecule has 3 aromatic carbocycles. The Bertz CT molecular complexity index is 1290. The Morgan fingerprint density at radius 3 is 2.35 bits per heavy atom. The van der Waals surface area contributed by atoms with Gasteiger partial charge in [0.2, 0.25) is 5.91 Å². The number of hydrogen-bond donors (Lipinski definition) is 1. The van der Waals surface area contributed by atoms with E-state index >= 15 is 0 Å². The van der Waals surface area contributed by atoms with Gasteiger partial charge in [0.25, 0.3) is 0 Å². The second kappa shape index (κ2) is 10.8. The highest BCUT2D eigenvalue weighted by Crippen LogP contribution is 2.26. The average molecular weight is 493 g/mol. The van der Waals surface area contributed by atoms with Crippen LogP contribution in [0.5, 0.6) is 5.75 Å². The van der Waals surface area contributed by atoms with Crippen LogP contribution in [-0.4, -0.2) is 26.4 Å². The molecule has 0 saturated carbocycles. The lowest BCUT2D eigenvalue weighted by molar-refractivity contribution is -0.113. The molecule has 0 spiro atoms. The van der Waals surface area contributed by atoms with E-state index in [1.54, 1.807) is 6.07 Å². The van der Waals surface area contributed by atoms with E-state index < -0.39 is 0 Å². The van der Waals surface area contributed by atoms with Gasteiger partial charge in [-0.3, -0.25) is 9.36 Å². The van der Waals surface area contributed by atoms with E-state index in [0.29, 0.717) is 21.7 Å². The Morgan fingerprint density at radius 1 is 0.971 bits per heavy atom. The number of carbonyl (C=O) groups excluding carboxylic acids is 1. The van der Waals surface area contributed by atoms with Crippen LogP contribution >= 0.6 is 23.4 Å². The van der Waals surface area contributed by atoms with Crippen molar-refractivity contribution in [2.75, 3.05) is 11.1 Å². The summed E-state index contributed by atoms with van der Waals surface area (Å²) in [4.78, 5) is 12.6. The van der Waals surface area contributed by atoms with Gasteiger partial charge in [-0.1, -0.05) is 64.8 Å². The van der Waals surface area contributed by atoms with Crippen molar-refractivity contribution >= 4 is 35.0 Å². The Kier molecular flexibility index (Phi) is 7.55. The van der Waals surface area contributed by atoms with E-state index in [4.69, 9.17) is 16.3 Å². The van der Waals surface area contributed by atoms with Crippen LogP contribution in [0.3, 0.4) is 0 Å². The van der Waals surface area contributed by atoms with E-state index in [-0.39, 0.29) is 18.3 Å². The van der Waals surface area contributed by atoms with Crippen LogP contribution < -0.4 is 10.1 Å². The van der Waals surface area contributed by atoms with E-state index in [9.17, 15) is 4.79 Å². The van der Waals surface area contributed by atoms with Crippen molar-refractivity contribution in [3.8, 4) is 11.4 Å². The molecule has 0 bridgehead atoms. The SMILES string of the molecule is Cc1ccc(OCc2nnc(SCC(=O)Nc3cccc(Cl)c3C)n2-c2ccc(C)cc2)cc1. The minimum atomic E-state index is -0.147. The fourth-order valence-electron chi connectivity index (χ4n) is 3.28. The summed E-state index contributed by atoms with van der Waals surface area (Å²) in [6.45, 7) is 6.19. The maximum absolute atomic E-state index is 12.6. The molecule has 4 aromatic rings. The van der Waals surface area contributed by atoms with E-state index in [0.717, 1.165) is 22.6 Å². The van der Waals surface area contributed by atoms with Crippen molar-refractivity contribution < 1.29 is 9.53 Å². The number of aromatic nitrogens is 3. The number of thioether (sulfide) groups is 1. The van der Waals surface area contributed by atoms with Gasteiger partial charge < -0.3 is 10.1 Å². The minimum absolute atomic E-state index is 0.147. The standard InChI is InChI=1S/C26H25ClN4O2S/c1-17-7-11-20(12-8-17)31-24(15-33-21-13-9-18(2)10-14-21)29-30-26(31)34-16-25(32)28-23-6-4-5-22(27)19(23)3/h4-14H,15-16H2,1-3H3,(H,28,32). The number of nitrogens with one attached hydrogen (secondary N) is 1. The predicted molar refractivity (Wildman–Crippen MR) is 137 cm³/mol. The van der Waals surface area contributed by atoms with E-state index in [1.807, 2.05) is 86.0 Å². The molecule has 1 heterocycles. The molecule has 6 nitrogen and oxygen atoms in total. The minimum Gasteiger partial charge on any atom is -0.486 e. The lowest BCUT2D eigenvalue weighted by atomic mass is 10.2. The highest BCUT2D eigenvalue weighted by atomic mass is 35.5. The molecule has 0 atom stereocenters. The monoisotopic (exact) mass is 492 g/mol. The third-order valence-electron chi connectivity index (χ3n) is 5.26. The first-order valence-corrected chi connectivity index (χ1v) is 12.2. The number of benzene rings is 3. The lowest BCUT2D eigenvalue weighted by Gasteiger charge is -2.12. The molecule has 0 radical (unpaired) electrons. The second-order valence-corrected chi connectivity index (χ2v) is 9.27. The van der Waals surface area contributed by atoms with Crippen LogP contribution in [0.15, 0.2) is 71.9 Å². The number of halogens is 1. The highest BCUT2D eigenvalue weighted by molar-refractivity contribution is 7.99. The number of carbonyl (C=O) groups is 1. The molecule has 174 valence electrons. The molecule has 0 fully saturated rings. The van der Waals surface area contributed by atoms with Gasteiger partial charge in [0.05, 0.1) is 5.75 Å². The second-order valence-electron chi connectivity index (χ2n) is 7.92. The molecule has 34 heavy (non-hydrogen) atoms. The van der Waals surface area contributed by atoms with Gasteiger partial charge in [0.15, 0.2) is 11.0 Å². The number of rotatable bonds is 8. The zero-order valence-corrected chi connectivity index (χ0v) is 20.8. The number of aryl methyl sites for hydroxylation is 2. The first-order valence-electron chi connectivity index (χ1n) is 10.8. The maximum atomic E-state index is 12.6. The van der Waals surface area contributed by atoms with Crippen molar-refractivity contribution in [2.24, 2.45) is 0 Å². The quantitative estimate of drug-likeness (QED) is 0.298. The molecule has 1 N–H and O–H groups in total. The predicted octanol–water partition coefficient (Wildman–Crippen LogP) is 6.16. The van der Waals surface area contributed by atoms with Crippen molar-refractivity contribution in [3.05, 3.63) is 94.3 Å². The smallest absolute Gasteiger partial charge is 0.234 e. The summed E-state index contributed by atoms with van der Waals surface area (Å²) < 4.78 is 7.88.